The number of thiazole rings is 1. The van der Waals surface area contributed by atoms with Gasteiger partial charge in [-0.2, -0.15) is 13.2 Å². The average Bonchev–Trinajstić information content (AvgIpc) is 2.85. The van der Waals surface area contributed by atoms with Crippen LogP contribution in [0.4, 0.5) is 19.0 Å². The Morgan fingerprint density at radius 2 is 2.26 bits per heavy atom. The normalized spacial score (nSPS) is 11.8. The Hall–Kier alpha value is -1.48. The maximum Gasteiger partial charge on any atom is 0.417 e. The van der Waals surface area contributed by atoms with Crippen molar-refractivity contribution in [1.82, 2.24) is 9.97 Å². The number of aromatic amines is 1. The van der Waals surface area contributed by atoms with Gasteiger partial charge in [-0.25, -0.2) is 9.78 Å². The molecule has 0 unspecified atom stereocenters. The molecule has 0 aliphatic rings. The Bertz CT molecular complexity index is 606. The summed E-state index contributed by atoms with van der Waals surface area (Å²) in [4.78, 5) is 18.2. The number of oxazole rings is 1. The van der Waals surface area contributed by atoms with Gasteiger partial charge in [0.15, 0.2) is 4.47 Å². The molecule has 1 N–H and O–H groups in total. The zero-order valence-electron chi connectivity index (χ0n) is 9.20. The number of halogens is 4. The number of H-pyrrole nitrogens is 1. The Labute approximate surface area is 113 Å². The summed E-state index contributed by atoms with van der Waals surface area (Å²) >= 11 is 6.68. The first-order valence-electron chi connectivity index (χ1n) is 4.93. The lowest BCUT2D eigenvalue weighted by molar-refractivity contribution is -0.120. The van der Waals surface area contributed by atoms with Crippen molar-refractivity contribution in [3.63, 3.8) is 0 Å². The molecule has 0 bridgehead atoms. The van der Waals surface area contributed by atoms with Crippen LogP contribution in [0.15, 0.2) is 21.7 Å². The zero-order chi connectivity index (χ0) is 14.0. The van der Waals surface area contributed by atoms with Crippen molar-refractivity contribution in [2.24, 2.45) is 0 Å². The smallest absolute Gasteiger partial charge is 0.414 e. The Morgan fingerprint density at radius 1 is 1.53 bits per heavy atom. The standard InChI is InChI=1S/C9H7ClF3N3O2S/c10-7-14-1-5(19-7)2-16(4-9(11,12)13)6-3-18-8(17)15-6/h1,3H,2,4H2,(H,15,17). The third-order valence-electron chi connectivity index (χ3n) is 2.09. The average molecular weight is 314 g/mol. The summed E-state index contributed by atoms with van der Waals surface area (Å²) in [5.41, 5.74) is 0. The summed E-state index contributed by atoms with van der Waals surface area (Å²) in [6, 6.07) is 0. The van der Waals surface area contributed by atoms with E-state index in [0.717, 1.165) is 22.5 Å². The fourth-order valence-corrected chi connectivity index (χ4v) is 2.41. The van der Waals surface area contributed by atoms with Gasteiger partial charge in [0.05, 0.1) is 6.54 Å². The largest absolute Gasteiger partial charge is 0.417 e. The van der Waals surface area contributed by atoms with Crippen LogP contribution in [-0.4, -0.2) is 22.7 Å². The maximum atomic E-state index is 12.5. The van der Waals surface area contributed by atoms with E-state index in [1.807, 2.05) is 0 Å². The molecule has 0 fully saturated rings. The van der Waals surface area contributed by atoms with E-state index < -0.39 is 18.5 Å². The van der Waals surface area contributed by atoms with Crippen LogP contribution in [0.25, 0.3) is 0 Å². The van der Waals surface area contributed by atoms with Crippen molar-refractivity contribution in [2.45, 2.75) is 12.7 Å². The summed E-state index contributed by atoms with van der Waals surface area (Å²) in [6.07, 6.45) is -2.09. The van der Waals surface area contributed by atoms with Gasteiger partial charge in [0.1, 0.15) is 18.6 Å². The molecule has 0 radical (unpaired) electrons. The van der Waals surface area contributed by atoms with Crippen molar-refractivity contribution in [3.05, 3.63) is 32.4 Å². The zero-order valence-corrected chi connectivity index (χ0v) is 10.8. The molecule has 0 spiro atoms. The second kappa shape index (κ2) is 5.25. The van der Waals surface area contributed by atoms with Crippen molar-refractivity contribution >= 4 is 28.8 Å². The minimum atomic E-state index is -4.41. The molecule has 0 atom stereocenters. The molecule has 0 saturated carbocycles. The molecule has 2 rings (SSSR count). The number of anilines is 1. The highest BCUT2D eigenvalue weighted by Gasteiger charge is 2.32. The molecule has 0 amide bonds. The number of rotatable bonds is 4. The van der Waals surface area contributed by atoms with E-state index in [9.17, 15) is 18.0 Å². The molecule has 2 aromatic heterocycles. The third kappa shape index (κ3) is 4.00. The topological polar surface area (TPSA) is 62.1 Å². The fourth-order valence-electron chi connectivity index (χ4n) is 1.41. The Balaban J connectivity index is 2.21. The number of nitrogens with zero attached hydrogens (tertiary/aromatic N) is 2. The Kier molecular flexibility index (Phi) is 3.85. The van der Waals surface area contributed by atoms with Crippen LogP contribution in [0.1, 0.15) is 4.88 Å². The minimum Gasteiger partial charge on any atom is -0.414 e. The van der Waals surface area contributed by atoms with Crippen LogP contribution < -0.4 is 10.7 Å². The van der Waals surface area contributed by atoms with Crippen LogP contribution in [-0.2, 0) is 6.54 Å². The van der Waals surface area contributed by atoms with Gasteiger partial charge < -0.3 is 9.32 Å². The quantitative estimate of drug-likeness (QED) is 0.942. The van der Waals surface area contributed by atoms with E-state index in [1.165, 1.54) is 6.20 Å². The molecule has 2 heterocycles. The van der Waals surface area contributed by atoms with E-state index in [-0.39, 0.29) is 16.8 Å². The molecule has 5 nitrogen and oxygen atoms in total. The summed E-state index contributed by atoms with van der Waals surface area (Å²) < 4.78 is 42.2. The summed E-state index contributed by atoms with van der Waals surface area (Å²) in [5, 5.41) is 0. The number of nitrogens with one attached hydrogen (secondary N) is 1. The number of alkyl halides is 3. The predicted octanol–water partition coefficient (Wildman–Crippen LogP) is 2.65. The number of hydrogen-bond donors (Lipinski definition) is 1. The van der Waals surface area contributed by atoms with Crippen LogP contribution in [0.3, 0.4) is 0 Å². The minimum absolute atomic E-state index is 0.0492. The van der Waals surface area contributed by atoms with Crippen molar-refractivity contribution < 1.29 is 17.6 Å². The Morgan fingerprint density at radius 3 is 2.74 bits per heavy atom. The molecule has 0 aliphatic heterocycles. The van der Waals surface area contributed by atoms with Gasteiger partial charge in [-0.05, 0) is 0 Å². The van der Waals surface area contributed by atoms with E-state index in [2.05, 4.69) is 14.4 Å². The van der Waals surface area contributed by atoms with Gasteiger partial charge >= 0.3 is 11.9 Å². The van der Waals surface area contributed by atoms with Gasteiger partial charge in [-0.1, -0.05) is 11.6 Å². The first-order valence-corrected chi connectivity index (χ1v) is 6.12. The lowest BCUT2D eigenvalue weighted by atomic mass is 10.4. The van der Waals surface area contributed by atoms with Crippen LogP contribution in [0.2, 0.25) is 4.47 Å². The first kappa shape index (κ1) is 13.9. The summed E-state index contributed by atoms with van der Waals surface area (Å²) in [7, 11) is 0. The van der Waals surface area contributed by atoms with E-state index >= 15 is 0 Å². The number of hydrogen-bond acceptors (Lipinski definition) is 5. The molecular formula is C9H7ClF3N3O2S. The monoisotopic (exact) mass is 313 g/mol. The molecule has 10 heteroatoms. The summed E-state index contributed by atoms with van der Waals surface area (Å²) in [6.45, 7) is -1.31. The molecule has 104 valence electrons. The molecule has 0 aromatic carbocycles. The van der Waals surface area contributed by atoms with Gasteiger partial charge in [0.25, 0.3) is 0 Å². The van der Waals surface area contributed by atoms with Crippen molar-refractivity contribution in [3.8, 4) is 0 Å². The van der Waals surface area contributed by atoms with Crippen molar-refractivity contribution in [1.29, 1.82) is 0 Å². The summed E-state index contributed by atoms with van der Waals surface area (Å²) in [5.74, 6) is -0.864. The third-order valence-corrected chi connectivity index (χ3v) is 3.19. The lowest BCUT2D eigenvalue weighted by Gasteiger charge is -2.22. The highest BCUT2D eigenvalue weighted by atomic mass is 35.5. The van der Waals surface area contributed by atoms with Crippen LogP contribution >= 0.6 is 22.9 Å². The van der Waals surface area contributed by atoms with Gasteiger partial charge in [0.2, 0.25) is 0 Å². The SMILES string of the molecule is O=c1[nH]c(N(Cc2cnc(Cl)s2)CC(F)(F)F)co1. The van der Waals surface area contributed by atoms with E-state index in [0.29, 0.717) is 4.88 Å². The van der Waals surface area contributed by atoms with E-state index in [4.69, 9.17) is 11.6 Å². The second-order valence-electron chi connectivity index (χ2n) is 3.58. The van der Waals surface area contributed by atoms with Crippen LogP contribution in [0.5, 0.6) is 0 Å². The van der Waals surface area contributed by atoms with E-state index in [1.54, 1.807) is 0 Å². The first-order chi connectivity index (χ1) is 8.83. The van der Waals surface area contributed by atoms with Gasteiger partial charge in [0, 0.05) is 11.1 Å². The molecular weight excluding hydrogens is 307 g/mol. The van der Waals surface area contributed by atoms with Crippen LogP contribution in [0, 0.1) is 0 Å². The second-order valence-corrected chi connectivity index (χ2v) is 5.28. The highest BCUT2D eigenvalue weighted by molar-refractivity contribution is 7.15. The molecule has 2 aromatic rings. The maximum absolute atomic E-state index is 12.5. The molecule has 0 saturated heterocycles. The lowest BCUT2D eigenvalue weighted by Crippen LogP contribution is -2.34. The highest BCUT2D eigenvalue weighted by Crippen LogP contribution is 2.25. The van der Waals surface area contributed by atoms with Gasteiger partial charge in [-0.3, -0.25) is 4.98 Å². The molecule has 0 aliphatic carbocycles. The predicted molar refractivity (Wildman–Crippen MR) is 63.6 cm³/mol. The molecule has 19 heavy (non-hydrogen) atoms. The number of aromatic nitrogens is 2. The van der Waals surface area contributed by atoms with Gasteiger partial charge in [-0.15, -0.1) is 11.3 Å². The fraction of sp³-hybridized carbons (Fsp3) is 0.333. The van der Waals surface area contributed by atoms with Crippen molar-refractivity contribution in [2.75, 3.05) is 11.4 Å².